The predicted molar refractivity (Wildman–Crippen MR) is 37.9 cm³/mol. The Morgan fingerprint density at radius 2 is 2.55 bits per heavy atom. The van der Waals surface area contributed by atoms with E-state index in [2.05, 4.69) is 10.2 Å². The summed E-state index contributed by atoms with van der Waals surface area (Å²) in [4.78, 5) is 0. The van der Waals surface area contributed by atoms with Crippen LogP contribution >= 0.6 is 0 Å². The molecule has 4 heteroatoms. The number of aromatic nitrogens is 2. The molecule has 1 aromatic rings. The van der Waals surface area contributed by atoms with E-state index in [0.717, 1.165) is 0 Å². The Morgan fingerprint density at radius 1 is 1.73 bits per heavy atom. The molecule has 0 aromatic carbocycles. The van der Waals surface area contributed by atoms with E-state index < -0.39 is 0 Å². The molecule has 4 nitrogen and oxygen atoms in total. The summed E-state index contributed by atoms with van der Waals surface area (Å²) in [6.07, 6.45) is 1.46. The Labute approximate surface area is 64.4 Å². The molecule has 0 aliphatic carbocycles. The van der Waals surface area contributed by atoms with Gasteiger partial charge in [-0.3, -0.25) is 0 Å². The largest absolute Gasteiger partial charge is 0.476 e. The maximum Gasteiger partial charge on any atom is 0.251 e. The van der Waals surface area contributed by atoms with Gasteiger partial charge < -0.3 is 4.74 Å². The second-order valence-electron chi connectivity index (χ2n) is 1.79. The van der Waals surface area contributed by atoms with Crippen LogP contribution in [0.2, 0.25) is 0 Å². The van der Waals surface area contributed by atoms with Crippen LogP contribution in [0, 0.1) is 11.3 Å². The molecule has 0 radical (unpaired) electrons. The van der Waals surface area contributed by atoms with Crippen LogP contribution in [0.3, 0.4) is 0 Å². The molecule has 0 amide bonds. The summed E-state index contributed by atoms with van der Waals surface area (Å²) in [5.41, 5.74) is 0.418. The Morgan fingerprint density at radius 3 is 3.18 bits per heavy atom. The van der Waals surface area contributed by atoms with Crippen LogP contribution in [0.15, 0.2) is 12.3 Å². The predicted octanol–water partition coefficient (Wildman–Crippen LogP) is 0.747. The summed E-state index contributed by atoms with van der Waals surface area (Å²) >= 11 is 0. The highest BCUT2D eigenvalue weighted by Gasteiger charge is 2.01. The van der Waals surface area contributed by atoms with Gasteiger partial charge in [-0.15, -0.1) is 5.10 Å². The third kappa shape index (κ3) is 1.64. The smallest absolute Gasteiger partial charge is 0.251 e. The van der Waals surface area contributed by atoms with Gasteiger partial charge in [0.2, 0.25) is 0 Å². The van der Waals surface area contributed by atoms with Gasteiger partial charge in [0.05, 0.1) is 12.8 Å². The zero-order valence-corrected chi connectivity index (χ0v) is 6.11. The van der Waals surface area contributed by atoms with E-state index >= 15 is 0 Å². The van der Waals surface area contributed by atoms with E-state index in [4.69, 9.17) is 10.00 Å². The number of hydrogen-bond donors (Lipinski definition) is 0. The highest BCUT2D eigenvalue weighted by Crippen LogP contribution is 2.10. The van der Waals surface area contributed by atoms with E-state index in [1.807, 2.05) is 13.0 Å². The molecular formula is C7H7N3O. The Balaban J connectivity index is 2.95. The van der Waals surface area contributed by atoms with Crippen molar-refractivity contribution < 1.29 is 4.74 Å². The van der Waals surface area contributed by atoms with Crippen LogP contribution in [0.5, 0.6) is 5.88 Å². The average molecular weight is 149 g/mol. The van der Waals surface area contributed by atoms with Crippen molar-refractivity contribution in [3.8, 4) is 11.9 Å². The minimum absolute atomic E-state index is 0.303. The normalized spacial score (nSPS) is 8.73. The van der Waals surface area contributed by atoms with Crippen molar-refractivity contribution >= 4 is 0 Å². The Bertz CT molecular complexity index is 279. The van der Waals surface area contributed by atoms with Crippen LogP contribution in [-0.4, -0.2) is 16.8 Å². The van der Waals surface area contributed by atoms with Gasteiger partial charge >= 0.3 is 0 Å². The molecule has 0 spiro atoms. The number of rotatable bonds is 2. The molecule has 0 bridgehead atoms. The van der Waals surface area contributed by atoms with Gasteiger partial charge in [0.15, 0.2) is 0 Å². The van der Waals surface area contributed by atoms with Gasteiger partial charge in [0.1, 0.15) is 11.6 Å². The van der Waals surface area contributed by atoms with Crippen LogP contribution in [0.1, 0.15) is 12.5 Å². The van der Waals surface area contributed by atoms with Gasteiger partial charge in [-0.25, -0.2) is 0 Å². The van der Waals surface area contributed by atoms with Crippen LogP contribution in [0.25, 0.3) is 0 Å². The summed E-state index contributed by atoms with van der Waals surface area (Å²) in [5, 5.41) is 15.8. The summed E-state index contributed by atoms with van der Waals surface area (Å²) in [5.74, 6) is 0.303. The van der Waals surface area contributed by atoms with Gasteiger partial charge in [-0.05, 0) is 13.0 Å². The number of nitriles is 1. The van der Waals surface area contributed by atoms with E-state index in [1.54, 1.807) is 6.07 Å². The Hall–Kier alpha value is -1.63. The van der Waals surface area contributed by atoms with Crippen molar-refractivity contribution in [2.45, 2.75) is 6.92 Å². The molecule has 0 unspecified atom stereocenters. The summed E-state index contributed by atoms with van der Waals surface area (Å²) < 4.78 is 5.03. The van der Waals surface area contributed by atoms with E-state index in [-0.39, 0.29) is 0 Å². The second kappa shape index (κ2) is 3.52. The SMILES string of the molecule is CCOc1nnccc1C#N. The van der Waals surface area contributed by atoms with Crippen molar-refractivity contribution in [3.63, 3.8) is 0 Å². The molecule has 56 valence electrons. The molecule has 0 aliphatic rings. The number of hydrogen-bond acceptors (Lipinski definition) is 4. The molecule has 0 saturated heterocycles. The van der Waals surface area contributed by atoms with Crippen LogP contribution in [0.4, 0.5) is 0 Å². The molecule has 1 heterocycles. The molecular weight excluding hydrogens is 142 g/mol. The molecule has 0 aliphatic heterocycles. The van der Waals surface area contributed by atoms with Gasteiger partial charge in [-0.2, -0.15) is 10.4 Å². The minimum atomic E-state index is 0.303. The van der Waals surface area contributed by atoms with E-state index in [0.29, 0.717) is 18.1 Å². The molecule has 11 heavy (non-hydrogen) atoms. The zero-order valence-electron chi connectivity index (χ0n) is 6.11. The molecule has 0 fully saturated rings. The minimum Gasteiger partial charge on any atom is -0.476 e. The third-order valence-corrected chi connectivity index (χ3v) is 1.09. The van der Waals surface area contributed by atoms with Gasteiger partial charge in [0, 0.05) is 0 Å². The summed E-state index contributed by atoms with van der Waals surface area (Å²) in [6.45, 7) is 2.32. The van der Waals surface area contributed by atoms with E-state index in [1.165, 1.54) is 6.20 Å². The van der Waals surface area contributed by atoms with Crippen LogP contribution in [-0.2, 0) is 0 Å². The highest BCUT2D eigenvalue weighted by molar-refractivity contribution is 5.35. The summed E-state index contributed by atoms with van der Waals surface area (Å²) in [7, 11) is 0. The lowest BCUT2D eigenvalue weighted by atomic mass is 10.3. The fraction of sp³-hybridized carbons (Fsp3) is 0.286. The van der Waals surface area contributed by atoms with Crippen LogP contribution < -0.4 is 4.74 Å². The van der Waals surface area contributed by atoms with Crippen molar-refractivity contribution in [1.82, 2.24) is 10.2 Å². The third-order valence-electron chi connectivity index (χ3n) is 1.09. The first-order valence-corrected chi connectivity index (χ1v) is 3.23. The monoisotopic (exact) mass is 149 g/mol. The first-order chi connectivity index (χ1) is 5.38. The highest BCUT2D eigenvalue weighted by atomic mass is 16.5. The first-order valence-electron chi connectivity index (χ1n) is 3.23. The molecule has 0 saturated carbocycles. The first kappa shape index (κ1) is 7.48. The molecule has 0 atom stereocenters. The van der Waals surface area contributed by atoms with Gasteiger partial charge in [-0.1, -0.05) is 0 Å². The lowest BCUT2D eigenvalue weighted by Gasteiger charge is -1.99. The van der Waals surface area contributed by atoms with Crippen molar-refractivity contribution in [2.75, 3.05) is 6.61 Å². The maximum absolute atomic E-state index is 8.55. The van der Waals surface area contributed by atoms with Gasteiger partial charge in [0.25, 0.3) is 5.88 Å². The molecule has 1 aromatic heterocycles. The number of nitrogens with zero attached hydrogens (tertiary/aromatic N) is 3. The van der Waals surface area contributed by atoms with Crippen molar-refractivity contribution in [1.29, 1.82) is 5.26 Å². The lowest BCUT2D eigenvalue weighted by Crippen LogP contribution is -1.97. The number of ether oxygens (including phenoxy) is 1. The van der Waals surface area contributed by atoms with Crippen molar-refractivity contribution in [3.05, 3.63) is 17.8 Å². The maximum atomic E-state index is 8.55. The standard InChI is InChI=1S/C7H7N3O/c1-2-11-7-6(5-8)3-4-9-10-7/h3-4H,2H2,1H3. The quantitative estimate of drug-likeness (QED) is 0.622. The fourth-order valence-electron chi connectivity index (χ4n) is 0.647. The van der Waals surface area contributed by atoms with Crippen molar-refractivity contribution in [2.24, 2.45) is 0 Å². The lowest BCUT2D eigenvalue weighted by molar-refractivity contribution is 0.321. The topological polar surface area (TPSA) is 58.8 Å². The summed E-state index contributed by atoms with van der Waals surface area (Å²) in [6, 6.07) is 3.52. The fourth-order valence-corrected chi connectivity index (χ4v) is 0.647. The van der Waals surface area contributed by atoms with E-state index in [9.17, 15) is 0 Å². The molecule has 1 rings (SSSR count). The molecule has 0 N–H and O–H groups in total. The second-order valence-corrected chi connectivity index (χ2v) is 1.79. The zero-order chi connectivity index (χ0) is 8.10. The average Bonchev–Trinajstić information content (AvgIpc) is 2.06. The Kier molecular flexibility index (Phi) is 2.39.